The molecule has 0 spiro atoms. The lowest BCUT2D eigenvalue weighted by molar-refractivity contribution is 0.216. The van der Waals surface area contributed by atoms with Crippen LogP contribution in [0.1, 0.15) is 0 Å². The van der Waals surface area contributed by atoms with Crippen molar-refractivity contribution < 1.29 is 9.47 Å². The van der Waals surface area contributed by atoms with Crippen molar-refractivity contribution in [1.29, 1.82) is 0 Å². The molecule has 4 heteroatoms. The van der Waals surface area contributed by atoms with Crippen molar-refractivity contribution in [3.8, 4) is 11.5 Å². The van der Waals surface area contributed by atoms with E-state index in [2.05, 4.69) is 20.9 Å². The van der Waals surface area contributed by atoms with Crippen LogP contribution in [0.25, 0.3) is 0 Å². The summed E-state index contributed by atoms with van der Waals surface area (Å²) in [4.78, 5) is 3.96. The zero-order valence-corrected chi connectivity index (χ0v) is 10.8. The molecular formula is C13H12BrNO2. The first-order valence-electron chi connectivity index (χ1n) is 5.26. The lowest BCUT2D eigenvalue weighted by Gasteiger charge is -2.08. The fourth-order valence-corrected chi connectivity index (χ4v) is 1.69. The quantitative estimate of drug-likeness (QED) is 0.793. The fourth-order valence-electron chi connectivity index (χ4n) is 1.31. The lowest BCUT2D eigenvalue weighted by Crippen LogP contribution is -2.08. The van der Waals surface area contributed by atoms with Gasteiger partial charge in [0.25, 0.3) is 0 Å². The zero-order valence-electron chi connectivity index (χ0n) is 9.17. The van der Waals surface area contributed by atoms with Gasteiger partial charge >= 0.3 is 0 Å². The van der Waals surface area contributed by atoms with Gasteiger partial charge in [-0.25, -0.2) is 0 Å². The second-order valence-electron chi connectivity index (χ2n) is 3.34. The number of benzene rings is 1. The molecular weight excluding hydrogens is 282 g/mol. The first-order valence-corrected chi connectivity index (χ1v) is 6.05. The van der Waals surface area contributed by atoms with Gasteiger partial charge < -0.3 is 9.47 Å². The fraction of sp³-hybridized carbons (Fsp3) is 0.154. The molecule has 0 N–H and O–H groups in total. The smallest absolute Gasteiger partial charge is 0.137 e. The van der Waals surface area contributed by atoms with E-state index in [1.165, 1.54) is 0 Å². The molecule has 0 unspecified atom stereocenters. The van der Waals surface area contributed by atoms with Crippen LogP contribution < -0.4 is 9.47 Å². The highest BCUT2D eigenvalue weighted by atomic mass is 79.9. The van der Waals surface area contributed by atoms with E-state index in [1.54, 1.807) is 12.4 Å². The minimum atomic E-state index is 0.498. The van der Waals surface area contributed by atoms with Gasteiger partial charge in [-0.05, 0) is 30.3 Å². The van der Waals surface area contributed by atoms with E-state index in [0.717, 1.165) is 16.0 Å². The number of pyridine rings is 1. The van der Waals surface area contributed by atoms with Crippen molar-refractivity contribution in [2.45, 2.75) is 0 Å². The summed E-state index contributed by atoms with van der Waals surface area (Å²) in [6.45, 7) is 1.00. The van der Waals surface area contributed by atoms with Crippen molar-refractivity contribution in [2.75, 3.05) is 13.2 Å². The summed E-state index contributed by atoms with van der Waals surface area (Å²) in [6, 6.07) is 11.4. The molecule has 2 aromatic rings. The molecule has 3 nitrogen and oxygen atoms in total. The number of hydrogen-bond donors (Lipinski definition) is 0. The molecule has 0 atom stereocenters. The van der Waals surface area contributed by atoms with Crippen LogP contribution in [0.5, 0.6) is 11.5 Å². The monoisotopic (exact) mass is 293 g/mol. The molecule has 0 aliphatic rings. The SMILES string of the molecule is Brc1cccc(OCCOc2cccnc2)c1. The van der Waals surface area contributed by atoms with Gasteiger partial charge in [0.1, 0.15) is 24.7 Å². The third kappa shape index (κ3) is 4.07. The minimum absolute atomic E-state index is 0.498. The topological polar surface area (TPSA) is 31.4 Å². The highest BCUT2D eigenvalue weighted by Gasteiger charge is 1.96. The largest absolute Gasteiger partial charge is 0.490 e. The number of hydrogen-bond acceptors (Lipinski definition) is 3. The maximum absolute atomic E-state index is 5.53. The second kappa shape index (κ2) is 6.25. The Morgan fingerprint density at radius 1 is 1.00 bits per heavy atom. The number of halogens is 1. The van der Waals surface area contributed by atoms with Crippen LogP contribution in [-0.2, 0) is 0 Å². The lowest BCUT2D eigenvalue weighted by atomic mass is 10.3. The molecule has 1 aromatic heterocycles. The van der Waals surface area contributed by atoms with Crippen LogP contribution in [0.15, 0.2) is 53.3 Å². The van der Waals surface area contributed by atoms with Crippen LogP contribution in [0, 0.1) is 0 Å². The number of nitrogens with zero attached hydrogens (tertiary/aromatic N) is 1. The van der Waals surface area contributed by atoms with E-state index in [-0.39, 0.29) is 0 Å². The molecule has 0 aliphatic heterocycles. The summed E-state index contributed by atoms with van der Waals surface area (Å²) < 4.78 is 12.0. The summed E-state index contributed by atoms with van der Waals surface area (Å²) in [5.41, 5.74) is 0. The number of aromatic nitrogens is 1. The highest BCUT2D eigenvalue weighted by molar-refractivity contribution is 9.10. The average molecular weight is 294 g/mol. The second-order valence-corrected chi connectivity index (χ2v) is 4.26. The molecule has 1 aromatic carbocycles. The minimum Gasteiger partial charge on any atom is -0.490 e. The molecule has 0 amide bonds. The normalized spacial score (nSPS) is 9.94. The Balaban J connectivity index is 1.73. The third-order valence-corrected chi connectivity index (χ3v) is 2.54. The van der Waals surface area contributed by atoms with Gasteiger partial charge in [-0.1, -0.05) is 22.0 Å². The van der Waals surface area contributed by atoms with Crippen molar-refractivity contribution in [1.82, 2.24) is 4.98 Å². The predicted octanol–water partition coefficient (Wildman–Crippen LogP) is 3.30. The van der Waals surface area contributed by atoms with Gasteiger partial charge in [-0.15, -0.1) is 0 Å². The molecule has 0 bridgehead atoms. The zero-order chi connectivity index (χ0) is 11.9. The third-order valence-electron chi connectivity index (χ3n) is 2.05. The van der Waals surface area contributed by atoms with E-state index in [4.69, 9.17) is 9.47 Å². The van der Waals surface area contributed by atoms with E-state index in [9.17, 15) is 0 Å². The van der Waals surface area contributed by atoms with Crippen LogP contribution in [0.2, 0.25) is 0 Å². The Morgan fingerprint density at radius 3 is 2.47 bits per heavy atom. The molecule has 0 fully saturated rings. The highest BCUT2D eigenvalue weighted by Crippen LogP contribution is 2.17. The van der Waals surface area contributed by atoms with Crippen molar-refractivity contribution >= 4 is 15.9 Å². The standard InChI is InChI=1S/C13H12BrNO2/c14-11-3-1-4-12(9-11)16-7-8-17-13-5-2-6-15-10-13/h1-6,9-10H,7-8H2. The molecule has 2 rings (SSSR count). The summed E-state index contributed by atoms with van der Waals surface area (Å²) in [5.74, 6) is 1.58. The molecule has 0 saturated heterocycles. The summed E-state index contributed by atoms with van der Waals surface area (Å²) in [6.07, 6.45) is 3.39. The van der Waals surface area contributed by atoms with Crippen LogP contribution in [0.4, 0.5) is 0 Å². The van der Waals surface area contributed by atoms with Crippen molar-refractivity contribution in [3.63, 3.8) is 0 Å². The molecule has 0 aliphatic carbocycles. The maximum Gasteiger partial charge on any atom is 0.137 e. The van der Waals surface area contributed by atoms with Crippen LogP contribution in [-0.4, -0.2) is 18.2 Å². The Labute approximate surface area is 109 Å². The number of rotatable bonds is 5. The van der Waals surface area contributed by atoms with Gasteiger partial charge in [0.05, 0.1) is 6.20 Å². The average Bonchev–Trinajstić information content (AvgIpc) is 2.36. The van der Waals surface area contributed by atoms with Gasteiger partial charge in [-0.3, -0.25) is 4.98 Å². The van der Waals surface area contributed by atoms with Gasteiger partial charge in [0.2, 0.25) is 0 Å². The molecule has 17 heavy (non-hydrogen) atoms. The van der Waals surface area contributed by atoms with Gasteiger partial charge in [0, 0.05) is 10.7 Å². The Hall–Kier alpha value is -1.55. The summed E-state index contributed by atoms with van der Waals surface area (Å²) in [5, 5.41) is 0. The predicted molar refractivity (Wildman–Crippen MR) is 69.4 cm³/mol. The van der Waals surface area contributed by atoms with Crippen molar-refractivity contribution in [2.24, 2.45) is 0 Å². The van der Waals surface area contributed by atoms with E-state index < -0.39 is 0 Å². The molecule has 88 valence electrons. The Bertz CT molecular complexity index is 462. The van der Waals surface area contributed by atoms with E-state index in [0.29, 0.717) is 13.2 Å². The summed E-state index contributed by atoms with van der Waals surface area (Å²) >= 11 is 3.39. The van der Waals surface area contributed by atoms with Gasteiger partial charge in [-0.2, -0.15) is 0 Å². The van der Waals surface area contributed by atoms with Crippen LogP contribution in [0.3, 0.4) is 0 Å². The summed E-state index contributed by atoms with van der Waals surface area (Å²) in [7, 11) is 0. The van der Waals surface area contributed by atoms with E-state index >= 15 is 0 Å². The molecule has 0 saturated carbocycles. The number of ether oxygens (including phenoxy) is 2. The van der Waals surface area contributed by atoms with E-state index in [1.807, 2.05) is 36.4 Å². The van der Waals surface area contributed by atoms with Gasteiger partial charge in [0.15, 0.2) is 0 Å². The Kier molecular flexibility index (Phi) is 4.38. The van der Waals surface area contributed by atoms with Crippen LogP contribution >= 0.6 is 15.9 Å². The Morgan fingerprint density at radius 2 is 1.76 bits per heavy atom. The maximum atomic E-state index is 5.53. The molecule has 0 radical (unpaired) electrons. The first-order chi connectivity index (χ1) is 8.34. The first kappa shape index (κ1) is 11.9. The molecule has 1 heterocycles. The van der Waals surface area contributed by atoms with Crippen molar-refractivity contribution in [3.05, 3.63) is 53.3 Å².